The summed E-state index contributed by atoms with van der Waals surface area (Å²) in [5, 5.41) is -0.0707. The van der Waals surface area contributed by atoms with Gasteiger partial charge in [0.15, 0.2) is 0 Å². The van der Waals surface area contributed by atoms with Gasteiger partial charge in [-0.25, -0.2) is 9.37 Å². The Morgan fingerprint density at radius 1 is 1.40 bits per heavy atom. The number of alkyl halides is 1. The number of hydrogen-bond donors (Lipinski definition) is 0. The summed E-state index contributed by atoms with van der Waals surface area (Å²) in [7, 11) is 0. The van der Waals surface area contributed by atoms with Gasteiger partial charge >= 0.3 is 0 Å². The molecule has 0 N–H and O–H groups in total. The number of hydrogen-bond acceptors (Lipinski definition) is 1. The van der Waals surface area contributed by atoms with E-state index in [9.17, 15) is 4.39 Å². The minimum atomic E-state index is -0.433. The number of nitrogens with zero attached hydrogens (tertiary/aromatic N) is 2. The second-order valence-corrected chi connectivity index (χ2v) is 6.84. The van der Waals surface area contributed by atoms with E-state index in [0.717, 1.165) is 24.2 Å². The SMILES string of the molecule is CC1CCC(n2c(C(C)Cl)nc3cc(F)c(Cl)cc32)C1. The molecule has 0 saturated heterocycles. The molecular weight excluding hydrogens is 298 g/mol. The number of aromatic nitrogens is 2. The molecule has 2 aromatic rings. The summed E-state index contributed by atoms with van der Waals surface area (Å²) < 4.78 is 15.8. The van der Waals surface area contributed by atoms with Crippen molar-refractivity contribution in [3.63, 3.8) is 0 Å². The Morgan fingerprint density at radius 2 is 2.15 bits per heavy atom. The molecule has 0 bridgehead atoms. The second-order valence-electron chi connectivity index (χ2n) is 5.78. The maximum absolute atomic E-state index is 13.6. The summed E-state index contributed by atoms with van der Waals surface area (Å²) in [6.07, 6.45) is 3.42. The average Bonchev–Trinajstić information content (AvgIpc) is 2.94. The third-order valence-corrected chi connectivity index (χ3v) is 4.63. The van der Waals surface area contributed by atoms with E-state index in [1.807, 2.05) is 6.92 Å². The minimum absolute atomic E-state index is 0.137. The molecule has 1 aromatic carbocycles. The van der Waals surface area contributed by atoms with Crippen LogP contribution in [0.1, 0.15) is 50.4 Å². The van der Waals surface area contributed by atoms with Gasteiger partial charge in [-0.1, -0.05) is 18.5 Å². The summed E-state index contributed by atoms with van der Waals surface area (Å²) >= 11 is 12.2. The molecule has 20 heavy (non-hydrogen) atoms. The van der Waals surface area contributed by atoms with Gasteiger partial charge in [-0.3, -0.25) is 0 Å². The van der Waals surface area contributed by atoms with Gasteiger partial charge in [0.25, 0.3) is 0 Å². The van der Waals surface area contributed by atoms with Crippen LogP contribution in [0.15, 0.2) is 12.1 Å². The lowest BCUT2D eigenvalue weighted by Gasteiger charge is -2.18. The molecule has 1 aliphatic carbocycles. The molecule has 5 heteroatoms. The number of fused-ring (bicyclic) bond motifs is 1. The number of benzene rings is 1. The zero-order chi connectivity index (χ0) is 14.4. The fourth-order valence-electron chi connectivity index (χ4n) is 3.18. The molecule has 1 fully saturated rings. The van der Waals surface area contributed by atoms with Crippen molar-refractivity contribution < 1.29 is 4.39 Å². The van der Waals surface area contributed by atoms with Crippen LogP contribution in [-0.4, -0.2) is 9.55 Å². The van der Waals surface area contributed by atoms with Crippen LogP contribution in [0.4, 0.5) is 4.39 Å². The molecule has 0 amide bonds. The lowest BCUT2D eigenvalue weighted by atomic mass is 10.1. The molecule has 1 saturated carbocycles. The highest BCUT2D eigenvalue weighted by molar-refractivity contribution is 6.31. The number of imidazole rings is 1. The van der Waals surface area contributed by atoms with Crippen molar-refractivity contribution in [2.45, 2.75) is 44.5 Å². The van der Waals surface area contributed by atoms with Crippen LogP contribution in [0.2, 0.25) is 5.02 Å². The maximum atomic E-state index is 13.6. The predicted molar refractivity (Wildman–Crippen MR) is 81.0 cm³/mol. The molecule has 1 heterocycles. The Morgan fingerprint density at radius 3 is 2.75 bits per heavy atom. The first-order valence-corrected chi connectivity index (χ1v) is 7.79. The molecule has 108 valence electrons. The molecule has 3 atom stereocenters. The standard InChI is InChI=1S/C15H17Cl2FN2/c1-8-3-4-10(5-8)20-14-6-11(17)12(18)7-13(14)19-15(20)9(2)16/h6-10H,3-5H2,1-2H3. The Kier molecular flexibility index (Phi) is 3.67. The summed E-state index contributed by atoms with van der Waals surface area (Å²) in [5.41, 5.74) is 1.52. The van der Waals surface area contributed by atoms with Crippen LogP contribution in [-0.2, 0) is 0 Å². The Labute approximate surface area is 127 Å². The van der Waals surface area contributed by atoms with Gasteiger partial charge in [-0.05, 0) is 38.2 Å². The van der Waals surface area contributed by atoms with E-state index in [4.69, 9.17) is 23.2 Å². The van der Waals surface area contributed by atoms with Crippen molar-refractivity contribution in [3.8, 4) is 0 Å². The summed E-state index contributed by atoms with van der Waals surface area (Å²) in [5.74, 6) is 1.08. The molecule has 1 aliphatic rings. The zero-order valence-corrected chi connectivity index (χ0v) is 13.0. The van der Waals surface area contributed by atoms with Crippen molar-refractivity contribution in [1.82, 2.24) is 9.55 Å². The molecule has 3 rings (SSSR count). The number of rotatable bonds is 2. The van der Waals surface area contributed by atoms with E-state index in [2.05, 4.69) is 16.5 Å². The van der Waals surface area contributed by atoms with Crippen molar-refractivity contribution in [2.24, 2.45) is 5.92 Å². The van der Waals surface area contributed by atoms with E-state index in [-0.39, 0.29) is 10.4 Å². The summed E-state index contributed by atoms with van der Waals surface area (Å²) in [4.78, 5) is 4.52. The van der Waals surface area contributed by atoms with Crippen LogP contribution in [0, 0.1) is 11.7 Å². The smallest absolute Gasteiger partial charge is 0.144 e. The Bertz CT molecular complexity index is 651. The van der Waals surface area contributed by atoms with Crippen LogP contribution in [0.25, 0.3) is 11.0 Å². The largest absolute Gasteiger partial charge is 0.324 e. The van der Waals surface area contributed by atoms with Crippen molar-refractivity contribution >= 4 is 34.2 Å². The highest BCUT2D eigenvalue weighted by Crippen LogP contribution is 2.39. The van der Waals surface area contributed by atoms with Crippen LogP contribution >= 0.6 is 23.2 Å². The van der Waals surface area contributed by atoms with Crippen molar-refractivity contribution in [3.05, 3.63) is 28.8 Å². The first kappa shape index (κ1) is 14.2. The third-order valence-electron chi connectivity index (χ3n) is 4.15. The van der Waals surface area contributed by atoms with Gasteiger partial charge < -0.3 is 4.57 Å². The quantitative estimate of drug-likeness (QED) is 0.670. The normalized spacial score (nSPS) is 24.4. The highest BCUT2D eigenvalue weighted by Gasteiger charge is 2.28. The van der Waals surface area contributed by atoms with Crippen LogP contribution in [0.5, 0.6) is 0 Å². The lowest BCUT2D eigenvalue weighted by molar-refractivity contribution is 0.488. The zero-order valence-electron chi connectivity index (χ0n) is 11.5. The van der Waals surface area contributed by atoms with E-state index in [1.165, 1.54) is 12.5 Å². The van der Waals surface area contributed by atoms with Crippen LogP contribution < -0.4 is 0 Å². The second kappa shape index (κ2) is 5.19. The average molecular weight is 315 g/mol. The van der Waals surface area contributed by atoms with Gasteiger partial charge in [0.05, 0.1) is 21.4 Å². The first-order chi connectivity index (χ1) is 9.47. The van der Waals surface area contributed by atoms with E-state index in [1.54, 1.807) is 6.07 Å². The molecule has 0 radical (unpaired) electrons. The van der Waals surface area contributed by atoms with Gasteiger partial charge in [-0.15, -0.1) is 11.6 Å². The Balaban J connectivity index is 2.21. The van der Waals surface area contributed by atoms with Crippen molar-refractivity contribution in [1.29, 1.82) is 0 Å². The molecule has 0 spiro atoms. The molecule has 1 aromatic heterocycles. The first-order valence-electron chi connectivity index (χ1n) is 6.98. The van der Waals surface area contributed by atoms with E-state index >= 15 is 0 Å². The van der Waals surface area contributed by atoms with Gasteiger partial charge in [0, 0.05) is 12.1 Å². The third kappa shape index (κ3) is 2.31. The number of halogens is 3. The summed E-state index contributed by atoms with van der Waals surface area (Å²) in [6.45, 7) is 4.16. The van der Waals surface area contributed by atoms with E-state index < -0.39 is 5.82 Å². The van der Waals surface area contributed by atoms with Crippen LogP contribution in [0.3, 0.4) is 0 Å². The maximum Gasteiger partial charge on any atom is 0.144 e. The molecule has 2 nitrogen and oxygen atoms in total. The molecular formula is C15H17Cl2FN2. The lowest BCUT2D eigenvalue weighted by Crippen LogP contribution is -2.10. The fraction of sp³-hybridized carbons (Fsp3) is 0.533. The van der Waals surface area contributed by atoms with Crippen molar-refractivity contribution in [2.75, 3.05) is 0 Å². The van der Waals surface area contributed by atoms with Gasteiger partial charge in [-0.2, -0.15) is 0 Å². The van der Waals surface area contributed by atoms with E-state index in [0.29, 0.717) is 17.5 Å². The Hall–Kier alpha value is -0.800. The predicted octanol–water partition coefficient (Wildman–Crippen LogP) is 5.49. The topological polar surface area (TPSA) is 17.8 Å². The van der Waals surface area contributed by atoms with Gasteiger partial charge in [0.1, 0.15) is 11.6 Å². The fourth-order valence-corrected chi connectivity index (χ4v) is 3.50. The minimum Gasteiger partial charge on any atom is -0.324 e. The van der Waals surface area contributed by atoms with Gasteiger partial charge in [0.2, 0.25) is 0 Å². The monoisotopic (exact) mass is 314 g/mol. The molecule has 0 aliphatic heterocycles. The molecule has 3 unspecified atom stereocenters. The summed E-state index contributed by atoms with van der Waals surface area (Å²) in [6, 6.07) is 3.45. The highest BCUT2D eigenvalue weighted by atomic mass is 35.5.